The average molecular weight is 361 g/mol. The summed E-state index contributed by atoms with van der Waals surface area (Å²) in [5.41, 5.74) is -0.712. The van der Waals surface area contributed by atoms with Crippen LogP contribution in [0.5, 0.6) is 0 Å². The minimum absolute atomic E-state index is 0.153. The molecule has 20 heavy (non-hydrogen) atoms. The van der Waals surface area contributed by atoms with Gasteiger partial charge >= 0.3 is 0 Å². The van der Waals surface area contributed by atoms with E-state index in [4.69, 9.17) is 0 Å². The fourth-order valence-electron chi connectivity index (χ4n) is 2.92. The second kappa shape index (κ2) is 5.78. The Balaban J connectivity index is 2.05. The zero-order valence-electron chi connectivity index (χ0n) is 11.8. The largest absolute Gasteiger partial charge is 0.390 e. The third-order valence-corrected chi connectivity index (χ3v) is 6.60. The summed E-state index contributed by atoms with van der Waals surface area (Å²) >= 11 is 3.31. The van der Waals surface area contributed by atoms with E-state index in [9.17, 15) is 13.5 Å². The van der Waals surface area contributed by atoms with Crippen LogP contribution in [-0.2, 0) is 9.84 Å². The van der Waals surface area contributed by atoms with Gasteiger partial charge in [-0.1, -0.05) is 15.9 Å². The lowest BCUT2D eigenvalue weighted by molar-refractivity contribution is 0.0186. The minimum Gasteiger partial charge on any atom is -0.390 e. The van der Waals surface area contributed by atoms with Crippen molar-refractivity contribution in [1.29, 1.82) is 0 Å². The van der Waals surface area contributed by atoms with E-state index in [0.717, 1.165) is 23.7 Å². The second-order valence-corrected chi connectivity index (χ2v) is 9.21. The summed E-state index contributed by atoms with van der Waals surface area (Å²) in [5.74, 6) is 0.536. The molecule has 2 atom stereocenters. The summed E-state index contributed by atoms with van der Waals surface area (Å²) in [6.07, 6.45) is 2.58. The van der Waals surface area contributed by atoms with Crippen LogP contribution in [0.1, 0.15) is 33.1 Å². The molecule has 112 valence electrons. The maximum Gasteiger partial charge on any atom is 0.178 e. The molecular formula is C15H21BrO3S. The van der Waals surface area contributed by atoms with E-state index in [1.807, 2.05) is 13.8 Å². The Hall–Kier alpha value is -0.390. The number of hydrogen-bond donors (Lipinski definition) is 1. The summed E-state index contributed by atoms with van der Waals surface area (Å²) in [6.45, 7) is 3.62. The number of aliphatic hydroxyl groups is 1. The number of sulfone groups is 1. The van der Waals surface area contributed by atoms with E-state index in [2.05, 4.69) is 15.9 Å². The van der Waals surface area contributed by atoms with Gasteiger partial charge in [-0.2, -0.15) is 0 Å². The zero-order chi connectivity index (χ0) is 15.0. The monoisotopic (exact) mass is 360 g/mol. The third kappa shape index (κ3) is 3.83. The first-order valence-electron chi connectivity index (χ1n) is 6.89. The summed E-state index contributed by atoms with van der Waals surface area (Å²) < 4.78 is 25.6. The van der Waals surface area contributed by atoms with Gasteiger partial charge in [-0.15, -0.1) is 0 Å². The highest BCUT2D eigenvalue weighted by atomic mass is 79.9. The Morgan fingerprint density at radius 2 is 1.85 bits per heavy atom. The lowest BCUT2D eigenvalue weighted by atomic mass is 9.89. The highest BCUT2D eigenvalue weighted by molar-refractivity contribution is 9.10. The first-order chi connectivity index (χ1) is 9.18. The van der Waals surface area contributed by atoms with Crippen molar-refractivity contribution in [3.05, 3.63) is 28.7 Å². The van der Waals surface area contributed by atoms with Crippen LogP contribution >= 0.6 is 15.9 Å². The summed E-state index contributed by atoms with van der Waals surface area (Å²) in [4.78, 5) is 0.382. The van der Waals surface area contributed by atoms with Crippen molar-refractivity contribution >= 4 is 25.8 Å². The molecule has 0 heterocycles. The molecule has 1 fully saturated rings. The molecule has 2 rings (SSSR count). The minimum atomic E-state index is -3.23. The van der Waals surface area contributed by atoms with Crippen LogP contribution in [0.4, 0.5) is 0 Å². The number of rotatable bonds is 4. The zero-order valence-corrected chi connectivity index (χ0v) is 14.2. The third-order valence-electron chi connectivity index (χ3n) is 4.17. The molecule has 0 bridgehead atoms. The molecule has 0 amide bonds. The van der Waals surface area contributed by atoms with Gasteiger partial charge in [-0.25, -0.2) is 8.42 Å². The fourth-order valence-corrected chi connectivity index (χ4v) is 4.85. The van der Waals surface area contributed by atoms with Crippen LogP contribution in [0.25, 0.3) is 0 Å². The average Bonchev–Trinajstić information content (AvgIpc) is 2.77. The van der Waals surface area contributed by atoms with Gasteiger partial charge in [0.2, 0.25) is 0 Å². The molecular weight excluding hydrogens is 340 g/mol. The molecule has 0 aliphatic heterocycles. The van der Waals surface area contributed by atoms with Crippen molar-refractivity contribution in [3.8, 4) is 0 Å². The molecule has 1 aromatic carbocycles. The Bertz CT molecular complexity index is 558. The first kappa shape index (κ1) is 16.0. The maximum atomic E-state index is 12.4. The Labute approximate surface area is 129 Å². The van der Waals surface area contributed by atoms with Gasteiger partial charge < -0.3 is 5.11 Å². The first-order valence-corrected chi connectivity index (χ1v) is 9.34. The number of halogens is 1. The number of benzene rings is 1. The van der Waals surface area contributed by atoms with E-state index in [0.29, 0.717) is 4.90 Å². The summed E-state index contributed by atoms with van der Waals surface area (Å²) in [6, 6.07) is 6.78. The predicted molar refractivity (Wildman–Crippen MR) is 83.3 cm³/mol. The van der Waals surface area contributed by atoms with E-state index in [-0.39, 0.29) is 17.6 Å². The molecule has 1 saturated carbocycles. The second-order valence-electron chi connectivity index (χ2n) is 6.26. The van der Waals surface area contributed by atoms with Gasteiger partial charge in [0, 0.05) is 4.47 Å². The molecule has 3 nitrogen and oxygen atoms in total. The van der Waals surface area contributed by atoms with Gasteiger partial charge in [0.05, 0.1) is 16.2 Å². The Kier molecular flexibility index (Phi) is 4.62. The predicted octanol–water partition coefficient (Wildman–Crippen LogP) is 3.41. The topological polar surface area (TPSA) is 54.4 Å². The van der Waals surface area contributed by atoms with E-state index >= 15 is 0 Å². The van der Waals surface area contributed by atoms with E-state index in [1.165, 1.54) is 0 Å². The van der Waals surface area contributed by atoms with Crippen molar-refractivity contribution in [2.45, 2.75) is 43.6 Å². The molecule has 1 aromatic rings. The van der Waals surface area contributed by atoms with Crippen molar-refractivity contribution in [1.82, 2.24) is 0 Å². The molecule has 0 radical (unpaired) electrons. The quantitative estimate of drug-likeness (QED) is 0.894. The van der Waals surface area contributed by atoms with Crippen molar-refractivity contribution < 1.29 is 13.5 Å². The molecule has 0 unspecified atom stereocenters. The highest BCUT2D eigenvalue weighted by Gasteiger charge is 2.36. The molecule has 0 saturated heterocycles. The van der Waals surface area contributed by atoms with E-state index < -0.39 is 15.4 Å². The normalized spacial score (nSPS) is 24.0. The molecule has 0 spiro atoms. The molecule has 5 heteroatoms. The number of hydrogen-bond acceptors (Lipinski definition) is 3. The van der Waals surface area contributed by atoms with Crippen LogP contribution in [-0.4, -0.2) is 24.9 Å². The summed E-state index contributed by atoms with van der Waals surface area (Å²) in [5, 5.41) is 10.0. The molecule has 0 aromatic heterocycles. The Morgan fingerprint density at radius 3 is 2.35 bits per heavy atom. The highest BCUT2D eigenvalue weighted by Crippen LogP contribution is 2.38. The van der Waals surface area contributed by atoms with Gasteiger partial charge in [-0.05, 0) is 69.2 Å². The van der Waals surface area contributed by atoms with Crippen molar-refractivity contribution in [2.75, 3.05) is 5.75 Å². The smallest absolute Gasteiger partial charge is 0.178 e. The van der Waals surface area contributed by atoms with Crippen LogP contribution in [0.2, 0.25) is 0 Å². The van der Waals surface area contributed by atoms with Crippen LogP contribution in [0.3, 0.4) is 0 Å². The van der Waals surface area contributed by atoms with E-state index in [1.54, 1.807) is 24.3 Å². The van der Waals surface area contributed by atoms with Crippen LogP contribution < -0.4 is 0 Å². The lowest BCUT2D eigenvalue weighted by Gasteiger charge is -2.25. The Morgan fingerprint density at radius 1 is 1.25 bits per heavy atom. The van der Waals surface area contributed by atoms with Gasteiger partial charge in [-0.3, -0.25) is 0 Å². The fraction of sp³-hybridized carbons (Fsp3) is 0.600. The van der Waals surface area contributed by atoms with Crippen LogP contribution in [0, 0.1) is 11.8 Å². The standard InChI is InChI=1S/C15H21BrO3S/c1-15(2,17)12-4-3-11(9-12)10-20(18,19)14-7-5-13(16)6-8-14/h5-8,11-12,17H,3-4,9-10H2,1-2H3/t11-,12+/m0/s1. The van der Waals surface area contributed by atoms with Crippen molar-refractivity contribution in [3.63, 3.8) is 0 Å². The van der Waals surface area contributed by atoms with Gasteiger partial charge in [0.1, 0.15) is 0 Å². The summed E-state index contributed by atoms with van der Waals surface area (Å²) in [7, 11) is -3.23. The molecule has 1 N–H and O–H groups in total. The van der Waals surface area contributed by atoms with Gasteiger partial charge in [0.25, 0.3) is 0 Å². The van der Waals surface area contributed by atoms with Crippen LogP contribution in [0.15, 0.2) is 33.6 Å². The van der Waals surface area contributed by atoms with Crippen molar-refractivity contribution in [2.24, 2.45) is 11.8 Å². The lowest BCUT2D eigenvalue weighted by Crippen LogP contribution is -2.29. The molecule has 1 aliphatic rings. The van der Waals surface area contributed by atoms with Gasteiger partial charge in [0.15, 0.2) is 9.84 Å². The maximum absolute atomic E-state index is 12.4. The molecule has 1 aliphatic carbocycles. The SMILES string of the molecule is CC(C)(O)[C@@H]1CC[C@H](CS(=O)(=O)c2ccc(Br)cc2)C1.